The van der Waals surface area contributed by atoms with Crippen molar-refractivity contribution in [2.45, 2.75) is 20.8 Å². The van der Waals surface area contributed by atoms with E-state index >= 15 is 0 Å². The highest BCUT2D eigenvalue weighted by Crippen LogP contribution is 2.24. The molecule has 0 aromatic rings. The van der Waals surface area contributed by atoms with Gasteiger partial charge in [-0.3, -0.25) is 0 Å². The SMILES string of the molecule is CC(C)(C)C(CO)CON. The first-order chi connectivity index (χ1) is 4.52. The minimum absolute atomic E-state index is 0.0636. The minimum atomic E-state index is 0.0636. The van der Waals surface area contributed by atoms with Gasteiger partial charge in [0.25, 0.3) is 0 Å². The molecule has 3 nitrogen and oxygen atoms in total. The molecule has 0 aliphatic rings. The van der Waals surface area contributed by atoms with Crippen LogP contribution in [0.1, 0.15) is 20.8 Å². The first-order valence-electron chi connectivity index (χ1n) is 3.45. The van der Waals surface area contributed by atoms with Crippen LogP contribution in [0.2, 0.25) is 0 Å². The largest absolute Gasteiger partial charge is 0.396 e. The maximum atomic E-state index is 8.86. The Kier molecular flexibility index (Phi) is 3.86. The summed E-state index contributed by atoms with van der Waals surface area (Å²) in [7, 11) is 0. The lowest BCUT2D eigenvalue weighted by Crippen LogP contribution is -2.29. The predicted octanol–water partition coefficient (Wildman–Crippen LogP) is 0.531. The molecule has 3 heteroatoms. The van der Waals surface area contributed by atoms with Crippen LogP contribution in [0.3, 0.4) is 0 Å². The first kappa shape index (κ1) is 9.88. The highest BCUT2D eigenvalue weighted by atomic mass is 16.6. The van der Waals surface area contributed by atoms with Crippen LogP contribution in [-0.4, -0.2) is 18.3 Å². The summed E-state index contributed by atoms with van der Waals surface area (Å²) >= 11 is 0. The van der Waals surface area contributed by atoms with Crippen molar-refractivity contribution in [3.63, 3.8) is 0 Å². The van der Waals surface area contributed by atoms with Crippen molar-refractivity contribution in [3.05, 3.63) is 0 Å². The molecule has 0 saturated carbocycles. The average Bonchev–Trinajstić information content (AvgIpc) is 1.80. The highest BCUT2D eigenvalue weighted by Gasteiger charge is 2.23. The molecule has 0 heterocycles. The summed E-state index contributed by atoms with van der Waals surface area (Å²) in [6, 6.07) is 0. The Labute approximate surface area is 62.1 Å². The number of nitrogens with two attached hydrogens (primary N) is 1. The Hall–Kier alpha value is -0.120. The van der Waals surface area contributed by atoms with Crippen molar-refractivity contribution in [2.24, 2.45) is 17.2 Å². The molecule has 0 aromatic heterocycles. The number of aliphatic hydroxyl groups is 1. The molecule has 0 aliphatic carbocycles. The van der Waals surface area contributed by atoms with Crippen LogP contribution in [0.5, 0.6) is 0 Å². The fraction of sp³-hybridized carbons (Fsp3) is 1.00. The molecule has 1 unspecified atom stereocenters. The number of hydrogen-bond acceptors (Lipinski definition) is 3. The van der Waals surface area contributed by atoms with E-state index in [-0.39, 0.29) is 17.9 Å². The van der Waals surface area contributed by atoms with Gasteiger partial charge < -0.3 is 9.94 Å². The van der Waals surface area contributed by atoms with E-state index in [1.807, 2.05) is 20.8 Å². The van der Waals surface area contributed by atoms with E-state index in [1.165, 1.54) is 0 Å². The lowest BCUT2D eigenvalue weighted by molar-refractivity contribution is 0.0236. The molecule has 0 radical (unpaired) electrons. The van der Waals surface area contributed by atoms with E-state index in [4.69, 9.17) is 11.0 Å². The standard InChI is InChI=1S/C7H17NO2/c1-7(2,3)6(4-9)5-10-8/h6,9H,4-5,8H2,1-3H3. The van der Waals surface area contributed by atoms with Crippen molar-refractivity contribution < 1.29 is 9.94 Å². The molecule has 62 valence electrons. The van der Waals surface area contributed by atoms with Crippen LogP contribution in [0.4, 0.5) is 0 Å². The van der Waals surface area contributed by atoms with Gasteiger partial charge >= 0.3 is 0 Å². The fourth-order valence-corrected chi connectivity index (χ4v) is 0.693. The number of rotatable bonds is 3. The van der Waals surface area contributed by atoms with Gasteiger partial charge in [0.05, 0.1) is 6.61 Å². The van der Waals surface area contributed by atoms with Crippen LogP contribution in [0.25, 0.3) is 0 Å². The Bertz CT molecular complexity index is 88.1. The van der Waals surface area contributed by atoms with E-state index in [0.29, 0.717) is 6.61 Å². The molecule has 0 spiro atoms. The van der Waals surface area contributed by atoms with Crippen molar-refractivity contribution in [2.75, 3.05) is 13.2 Å². The van der Waals surface area contributed by atoms with Crippen LogP contribution in [0.15, 0.2) is 0 Å². The van der Waals surface area contributed by atoms with Gasteiger partial charge in [-0.15, -0.1) is 0 Å². The average molecular weight is 147 g/mol. The van der Waals surface area contributed by atoms with Crippen molar-refractivity contribution in [1.82, 2.24) is 0 Å². The Morgan fingerprint density at radius 2 is 2.00 bits per heavy atom. The zero-order valence-electron chi connectivity index (χ0n) is 6.92. The van der Waals surface area contributed by atoms with Crippen molar-refractivity contribution in [1.29, 1.82) is 0 Å². The lowest BCUT2D eigenvalue weighted by Gasteiger charge is -2.27. The van der Waals surface area contributed by atoms with Crippen LogP contribution in [-0.2, 0) is 4.84 Å². The molecule has 0 aromatic carbocycles. The second kappa shape index (κ2) is 3.91. The molecule has 0 aliphatic heterocycles. The first-order valence-corrected chi connectivity index (χ1v) is 3.45. The summed E-state index contributed by atoms with van der Waals surface area (Å²) in [5.41, 5.74) is 0.0636. The maximum absolute atomic E-state index is 8.86. The Morgan fingerprint density at radius 1 is 1.50 bits per heavy atom. The van der Waals surface area contributed by atoms with Gasteiger partial charge in [-0.1, -0.05) is 20.8 Å². The number of aliphatic hydroxyl groups excluding tert-OH is 1. The molecule has 0 rings (SSSR count). The fourth-order valence-electron chi connectivity index (χ4n) is 0.693. The molecular formula is C7H17NO2. The van der Waals surface area contributed by atoms with Gasteiger partial charge in [0.1, 0.15) is 0 Å². The second-order valence-corrected chi connectivity index (χ2v) is 3.58. The molecule has 1 atom stereocenters. The van der Waals surface area contributed by atoms with Crippen molar-refractivity contribution in [3.8, 4) is 0 Å². The molecule has 3 N–H and O–H groups in total. The van der Waals surface area contributed by atoms with Gasteiger partial charge in [0.15, 0.2) is 0 Å². The monoisotopic (exact) mass is 147 g/mol. The summed E-state index contributed by atoms with van der Waals surface area (Å²) in [5, 5.41) is 8.86. The summed E-state index contributed by atoms with van der Waals surface area (Å²) < 4.78 is 0. The number of hydrogen-bond donors (Lipinski definition) is 2. The van der Waals surface area contributed by atoms with Crippen LogP contribution in [0, 0.1) is 11.3 Å². The highest BCUT2D eigenvalue weighted by molar-refractivity contribution is 4.72. The summed E-state index contributed by atoms with van der Waals surface area (Å²) in [6.07, 6.45) is 0. The van der Waals surface area contributed by atoms with Gasteiger partial charge in [-0.25, -0.2) is 5.90 Å². The summed E-state index contributed by atoms with van der Waals surface area (Å²) in [6.45, 7) is 6.69. The Balaban J connectivity index is 3.81. The normalized spacial score (nSPS) is 15.3. The van der Waals surface area contributed by atoms with Gasteiger partial charge in [-0.05, 0) is 5.41 Å². The summed E-state index contributed by atoms with van der Waals surface area (Å²) in [5.74, 6) is 5.01. The molecule has 0 amide bonds. The van der Waals surface area contributed by atoms with Gasteiger partial charge in [-0.2, -0.15) is 0 Å². The minimum Gasteiger partial charge on any atom is -0.396 e. The lowest BCUT2D eigenvalue weighted by atomic mass is 9.82. The van der Waals surface area contributed by atoms with E-state index in [9.17, 15) is 0 Å². The van der Waals surface area contributed by atoms with Crippen molar-refractivity contribution >= 4 is 0 Å². The molecular weight excluding hydrogens is 130 g/mol. The topological polar surface area (TPSA) is 55.5 Å². The molecule has 0 fully saturated rings. The van der Waals surface area contributed by atoms with Crippen LogP contribution < -0.4 is 5.90 Å². The smallest absolute Gasteiger partial charge is 0.0734 e. The van der Waals surface area contributed by atoms with E-state index < -0.39 is 0 Å². The third-order valence-electron chi connectivity index (χ3n) is 1.74. The Morgan fingerprint density at radius 3 is 2.10 bits per heavy atom. The summed E-state index contributed by atoms with van der Waals surface area (Å²) in [4.78, 5) is 4.46. The van der Waals surface area contributed by atoms with E-state index in [1.54, 1.807) is 0 Å². The molecule has 10 heavy (non-hydrogen) atoms. The zero-order chi connectivity index (χ0) is 8.20. The maximum Gasteiger partial charge on any atom is 0.0734 e. The predicted molar refractivity (Wildman–Crippen MR) is 40.2 cm³/mol. The molecule has 0 saturated heterocycles. The zero-order valence-corrected chi connectivity index (χ0v) is 6.92. The molecule has 0 bridgehead atoms. The third kappa shape index (κ3) is 3.15. The second-order valence-electron chi connectivity index (χ2n) is 3.58. The van der Waals surface area contributed by atoms with Crippen LogP contribution >= 0.6 is 0 Å². The van der Waals surface area contributed by atoms with Gasteiger partial charge in [0.2, 0.25) is 0 Å². The van der Waals surface area contributed by atoms with E-state index in [0.717, 1.165) is 0 Å². The van der Waals surface area contributed by atoms with Gasteiger partial charge in [0, 0.05) is 12.5 Å². The third-order valence-corrected chi connectivity index (χ3v) is 1.74. The van der Waals surface area contributed by atoms with E-state index in [2.05, 4.69) is 4.84 Å². The quantitative estimate of drug-likeness (QED) is 0.572.